The van der Waals surface area contributed by atoms with Crippen LogP contribution in [0.4, 0.5) is 5.69 Å². The quantitative estimate of drug-likeness (QED) is 0.241. The third-order valence-corrected chi connectivity index (χ3v) is 7.01. The number of nitrogens with zero attached hydrogens (tertiary/aromatic N) is 1. The third kappa shape index (κ3) is 2.80. The maximum absolute atomic E-state index is 7.15. The average molecular weight is 430 g/mol. The molecule has 0 saturated heterocycles. The van der Waals surface area contributed by atoms with Gasteiger partial charge < -0.3 is 0 Å². The summed E-state index contributed by atoms with van der Waals surface area (Å²) in [5.41, 5.74) is 10.8. The molecule has 0 N–H and O–H groups in total. The fourth-order valence-corrected chi connectivity index (χ4v) is 5.30. The highest BCUT2D eigenvalue weighted by Gasteiger charge is 2.21. The molecule has 0 atom stereocenters. The molecule has 0 amide bonds. The van der Waals surface area contributed by atoms with E-state index in [1.165, 1.54) is 60.5 Å². The van der Waals surface area contributed by atoms with Gasteiger partial charge in [0.25, 0.3) is 0 Å². The molecule has 0 bridgehead atoms. The first-order valence-corrected chi connectivity index (χ1v) is 11.5. The summed E-state index contributed by atoms with van der Waals surface area (Å²) in [4.78, 5) is 3.49. The van der Waals surface area contributed by atoms with E-state index in [4.69, 9.17) is 6.57 Å². The molecule has 0 radical (unpaired) electrons. The molecule has 0 heterocycles. The van der Waals surface area contributed by atoms with Crippen molar-refractivity contribution in [2.75, 3.05) is 0 Å². The topological polar surface area (TPSA) is 4.36 Å². The lowest BCUT2D eigenvalue weighted by Gasteiger charge is -2.09. The van der Waals surface area contributed by atoms with E-state index in [0.29, 0.717) is 5.69 Å². The van der Waals surface area contributed by atoms with Crippen LogP contribution in [-0.4, -0.2) is 0 Å². The molecule has 0 aromatic heterocycles. The van der Waals surface area contributed by atoms with Gasteiger partial charge in [0.05, 0.1) is 6.57 Å². The van der Waals surface area contributed by atoms with Crippen LogP contribution in [0.15, 0.2) is 115 Å². The molecule has 1 nitrogen and oxygen atoms in total. The molecule has 1 aliphatic carbocycles. The highest BCUT2D eigenvalue weighted by Crippen LogP contribution is 2.48. The van der Waals surface area contributed by atoms with Crippen molar-refractivity contribution in [1.29, 1.82) is 0 Å². The number of rotatable bonds is 2. The minimum Gasteiger partial charge on any atom is -0.238 e. The first-order valence-electron chi connectivity index (χ1n) is 11.5. The van der Waals surface area contributed by atoms with Gasteiger partial charge >= 0.3 is 0 Å². The first-order chi connectivity index (χ1) is 16.8. The highest BCUT2D eigenvalue weighted by molar-refractivity contribution is 6.15. The summed E-state index contributed by atoms with van der Waals surface area (Å²) in [6.45, 7) is 7.15. The van der Waals surface area contributed by atoms with E-state index in [1.807, 2.05) is 24.3 Å². The first kappa shape index (κ1) is 18.9. The van der Waals surface area contributed by atoms with Gasteiger partial charge in [0.15, 0.2) is 5.69 Å². The van der Waals surface area contributed by atoms with E-state index in [2.05, 4.69) is 95.8 Å². The number of fused-ring (bicyclic) bond motifs is 4. The Morgan fingerprint density at radius 3 is 1.65 bits per heavy atom. The van der Waals surface area contributed by atoms with Crippen molar-refractivity contribution in [2.45, 2.75) is 0 Å². The van der Waals surface area contributed by atoms with E-state index in [0.717, 1.165) is 5.56 Å². The largest absolute Gasteiger partial charge is 0.238 e. The summed E-state index contributed by atoms with van der Waals surface area (Å²) >= 11 is 0. The van der Waals surface area contributed by atoms with Gasteiger partial charge in [-0.25, -0.2) is 4.85 Å². The van der Waals surface area contributed by atoms with Gasteiger partial charge in [0.1, 0.15) is 0 Å². The summed E-state index contributed by atoms with van der Waals surface area (Å²) in [6, 6.07) is 41.2. The molecule has 6 aromatic carbocycles. The van der Waals surface area contributed by atoms with Gasteiger partial charge in [-0.1, -0.05) is 97.1 Å². The van der Waals surface area contributed by atoms with Crippen molar-refractivity contribution in [3.05, 3.63) is 127 Å². The van der Waals surface area contributed by atoms with E-state index < -0.39 is 0 Å². The molecule has 0 fully saturated rings. The molecule has 0 aliphatic heterocycles. The van der Waals surface area contributed by atoms with Crippen molar-refractivity contribution in [3.63, 3.8) is 0 Å². The molecule has 1 heteroatoms. The lowest BCUT2D eigenvalue weighted by Crippen LogP contribution is -1.83. The Balaban J connectivity index is 1.30. The van der Waals surface area contributed by atoms with Crippen molar-refractivity contribution in [1.82, 2.24) is 0 Å². The molecular weight excluding hydrogens is 410 g/mol. The normalized spacial score (nSPS) is 11.5. The van der Waals surface area contributed by atoms with Crippen molar-refractivity contribution < 1.29 is 0 Å². The Labute approximate surface area is 198 Å². The molecule has 0 spiro atoms. The fourth-order valence-electron chi connectivity index (χ4n) is 5.30. The van der Waals surface area contributed by atoms with E-state index in [-0.39, 0.29) is 0 Å². The average Bonchev–Trinajstić information content (AvgIpc) is 3.23. The second-order valence-corrected chi connectivity index (χ2v) is 8.91. The van der Waals surface area contributed by atoms with Gasteiger partial charge in [-0.15, -0.1) is 0 Å². The van der Waals surface area contributed by atoms with Crippen LogP contribution >= 0.6 is 0 Å². The number of hydrogen-bond donors (Lipinski definition) is 0. The van der Waals surface area contributed by atoms with Crippen LogP contribution in [0, 0.1) is 6.57 Å². The van der Waals surface area contributed by atoms with Crippen LogP contribution in [-0.2, 0) is 0 Å². The van der Waals surface area contributed by atoms with Crippen LogP contribution in [0.5, 0.6) is 0 Å². The van der Waals surface area contributed by atoms with Gasteiger partial charge in [-0.2, -0.15) is 0 Å². The second-order valence-electron chi connectivity index (χ2n) is 8.91. The zero-order valence-corrected chi connectivity index (χ0v) is 18.4. The Morgan fingerprint density at radius 1 is 0.412 bits per heavy atom. The van der Waals surface area contributed by atoms with Crippen LogP contribution in [0.25, 0.3) is 70.9 Å². The summed E-state index contributed by atoms with van der Waals surface area (Å²) in [6.07, 6.45) is 0. The third-order valence-electron chi connectivity index (χ3n) is 7.01. The SMILES string of the molecule is [C-]#[N+]c1ccc(-c2ccc3cc(-c4ccc5c(c4)-c4cccc6cccc-5c46)ccc3c2)cc1. The molecule has 34 heavy (non-hydrogen) atoms. The van der Waals surface area contributed by atoms with Crippen LogP contribution in [0.3, 0.4) is 0 Å². The molecule has 6 aromatic rings. The van der Waals surface area contributed by atoms with Gasteiger partial charge in [-0.3, -0.25) is 0 Å². The molecule has 1 aliphatic rings. The summed E-state index contributed by atoms with van der Waals surface area (Å²) in [5, 5.41) is 5.12. The molecule has 7 rings (SSSR count). The maximum atomic E-state index is 7.15. The Bertz CT molecular complexity index is 1790. The lowest BCUT2D eigenvalue weighted by atomic mass is 9.95. The van der Waals surface area contributed by atoms with Crippen LogP contribution in [0.1, 0.15) is 0 Å². The van der Waals surface area contributed by atoms with E-state index in [9.17, 15) is 0 Å². The van der Waals surface area contributed by atoms with Crippen molar-refractivity contribution in [2.24, 2.45) is 0 Å². The minimum atomic E-state index is 0.669. The predicted molar refractivity (Wildman–Crippen MR) is 143 cm³/mol. The summed E-state index contributed by atoms with van der Waals surface area (Å²) < 4.78 is 0. The predicted octanol–water partition coefficient (Wildman–Crippen LogP) is 9.53. The lowest BCUT2D eigenvalue weighted by molar-refractivity contribution is 1.63. The monoisotopic (exact) mass is 429 g/mol. The van der Waals surface area contributed by atoms with Crippen LogP contribution < -0.4 is 0 Å². The second kappa shape index (κ2) is 7.17. The van der Waals surface area contributed by atoms with Crippen molar-refractivity contribution in [3.8, 4) is 44.5 Å². The standard InChI is InChI=1S/C33H19N/c1-34-28-15-12-21(13-16-28)23-8-9-25-19-26(11-10-24(25)18-23)27-14-17-29-30-6-2-4-22-5-3-7-31(33(22)30)32(29)20-27/h2-20H. The van der Waals surface area contributed by atoms with E-state index >= 15 is 0 Å². The molecule has 0 saturated carbocycles. The summed E-state index contributed by atoms with van der Waals surface area (Å²) in [7, 11) is 0. The number of benzene rings is 6. The zero-order valence-electron chi connectivity index (χ0n) is 18.4. The number of hydrogen-bond acceptors (Lipinski definition) is 0. The molecule has 0 unspecified atom stereocenters. The van der Waals surface area contributed by atoms with Crippen molar-refractivity contribution >= 4 is 27.2 Å². The molecule has 156 valence electrons. The molecular formula is C33H19N. The summed E-state index contributed by atoms with van der Waals surface area (Å²) in [5.74, 6) is 0. The van der Waals surface area contributed by atoms with Gasteiger partial charge in [0.2, 0.25) is 0 Å². The smallest absolute Gasteiger partial charge is 0.187 e. The highest BCUT2D eigenvalue weighted by atomic mass is 14.6. The zero-order chi connectivity index (χ0) is 22.6. The van der Waals surface area contributed by atoms with Crippen LogP contribution in [0.2, 0.25) is 0 Å². The van der Waals surface area contributed by atoms with Gasteiger partial charge in [0, 0.05) is 0 Å². The maximum Gasteiger partial charge on any atom is 0.187 e. The van der Waals surface area contributed by atoms with Gasteiger partial charge in [-0.05, 0) is 84.3 Å². The minimum absolute atomic E-state index is 0.669. The van der Waals surface area contributed by atoms with E-state index in [1.54, 1.807) is 0 Å². The Morgan fingerprint density at radius 2 is 0.971 bits per heavy atom. The fraction of sp³-hybridized carbons (Fsp3) is 0. The Hall–Kier alpha value is -4.67. The Kier molecular flexibility index (Phi) is 3.98.